The molecule has 2 saturated carbocycles. The monoisotopic (exact) mass is 183 g/mol. The average molecular weight is 183 g/mol. The molecule has 0 heterocycles. The maximum absolute atomic E-state index is 11.1. The van der Waals surface area contributed by atoms with E-state index < -0.39 is 0 Å². The van der Waals surface area contributed by atoms with E-state index in [2.05, 4.69) is 4.74 Å². The first-order valence-electron chi connectivity index (χ1n) is 5.01. The standard InChI is InChI=1S/C10H17NO2/c1-13-9(12)6-7-5-8(11)10(7)3-2-4-10/h7-8H,2-6,11H2,1H3. The summed E-state index contributed by atoms with van der Waals surface area (Å²) in [7, 11) is 1.45. The number of methoxy groups -OCH3 is 1. The van der Waals surface area contributed by atoms with Crippen LogP contribution in [0, 0.1) is 11.3 Å². The van der Waals surface area contributed by atoms with Crippen molar-refractivity contribution < 1.29 is 9.53 Å². The molecule has 2 aliphatic carbocycles. The molecular weight excluding hydrogens is 166 g/mol. The molecule has 0 bridgehead atoms. The second kappa shape index (κ2) is 2.98. The largest absolute Gasteiger partial charge is 0.469 e. The van der Waals surface area contributed by atoms with Gasteiger partial charge in [-0.05, 0) is 30.6 Å². The first-order valence-corrected chi connectivity index (χ1v) is 5.01. The van der Waals surface area contributed by atoms with E-state index in [9.17, 15) is 4.79 Å². The van der Waals surface area contributed by atoms with E-state index in [1.807, 2.05) is 0 Å². The summed E-state index contributed by atoms with van der Waals surface area (Å²) < 4.78 is 4.67. The molecule has 2 N–H and O–H groups in total. The second-order valence-corrected chi connectivity index (χ2v) is 4.41. The molecule has 0 saturated heterocycles. The van der Waals surface area contributed by atoms with Gasteiger partial charge in [-0.25, -0.2) is 0 Å². The van der Waals surface area contributed by atoms with E-state index in [1.54, 1.807) is 0 Å². The van der Waals surface area contributed by atoms with Gasteiger partial charge in [-0.1, -0.05) is 6.42 Å². The fraction of sp³-hybridized carbons (Fsp3) is 0.900. The van der Waals surface area contributed by atoms with Crippen molar-refractivity contribution >= 4 is 5.97 Å². The number of hydrogen-bond acceptors (Lipinski definition) is 3. The van der Waals surface area contributed by atoms with Crippen LogP contribution in [0.2, 0.25) is 0 Å². The predicted octanol–water partition coefficient (Wildman–Crippen LogP) is 1.07. The molecule has 3 heteroatoms. The number of nitrogens with two attached hydrogens (primary N) is 1. The number of rotatable bonds is 2. The minimum atomic E-state index is -0.0804. The molecule has 13 heavy (non-hydrogen) atoms. The highest BCUT2D eigenvalue weighted by Crippen LogP contribution is 2.60. The van der Waals surface area contributed by atoms with Gasteiger partial charge < -0.3 is 10.5 Å². The van der Waals surface area contributed by atoms with Crippen LogP contribution in [0.4, 0.5) is 0 Å². The summed E-state index contributed by atoms with van der Waals surface area (Å²) in [5.41, 5.74) is 6.30. The third-order valence-electron chi connectivity index (χ3n) is 4.02. The molecule has 0 aromatic rings. The molecule has 3 nitrogen and oxygen atoms in total. The quantitative estimate of drug-likeness (QED) is 0.651. The zero-order valence-corrected chi connectivity index (χ0v) is 8.08. The second-order valence-electron chi connectivity index (χ2n) is 4.41. The Balaban J connectivity index is 1.91. The number of ether oxygens (including phenoxy) is 1. The Morgan fingerprint density at radius 2 is 2.31 bits per heavy atom. The molecule has 2 aliphatic rings. The van der Waals surface area contributed by atoms with Gasteiger partial charge in [0.1, 0.15) is 0 Å². The minimum absolute atomic E-state index is 0.0804. The lowest BCUT2D eigenvalue weighted by Crippen LogP contribution is -2.61. The first kappa shape index (κ1) is 9.00. The van der Waals surface area contributed by atoms with Crippen LogP contribution in [0.15, 0.2) is 0 Å². The molecule has 74 valence electrons. The van der Waals surface area contributed by atoms with Crippen molar-refractivity contribution in [1.82, 2.24) is 0 Å². The number of esters is 1. The first-order chi connectivity index (χ1) is 6.19. The smallest absolute Gasteiger partial charge is 0.305 e. The predicted molar refractivity (Wildman–Crippen MR) is 49.0 cm³/mol. The average Bonchev–Trinajstić information content (AvgIpc) is 2.00. The van der Waals surface area contributed by atoms with Crippen molar-refractivity contribution in [3.8, 4) is 0 Å². The molecule has 2 atom stereocenters. The van der Waals surface area contributed by atoms with Crippen LogP contribution in [-0.2, 0) is 9.53 Å². The van der Waals surface area contributed by atoms with Gasteiger partial charge in [0.05, 0.1) is 7.11 Å². The fourth-order valence-electron chi connectivity index (χ4n) is 2.85. The molecule has 0 radical (unpaired) electrons. The van der Waals surface area contributed by atoms with Crippen molar-refractivity contribution in [3.63, 3.8) is 0 Å². The van der Waals surface area contributed by atoms with Crippen molar-refractivity contribution in [2.45, 2.75) is 38.1 Å². The van der Waals surface area contributed by atoms with E-state index in [0.717, 1.165) is 6.42 Å². The Hall–Kier alpha value is -0.570. The van der Waals surface area contributed by atoms with Crippen LogP contribution in [0.1, 0.15) is 32.1 Å². The molecule has 2 unspecified atom stereocenters. The van der Waals surface area contributed by atoms with Gasteiger partial charge in [-0.3, -0.25) is 4.79 Å². The summed E-state index contributed by atoms with van der Waals surface area (Å²) in [4.78, 5) is 11.1. The Morgan fingerprint density at radius 1 is 1.62 bits per heavy atom. The van der Waals surface area contributed by atoms with Crippen LogP contribution < -0.4 is 5.73 Å². The highest BCUT2D eigenvalue weighted by molar-refractivity contribution is 5.69. The van der Waals surface area contributed by atoms with E-state index in [0.29, 0.717) is 23.8 Å². The lowest BCUT2D eigenvalue weighted by Gasteiger charge is -2.60. The Bertz CT molecular complexity index is 223. The summed E-state index contributed by atoms with van der Waals surface area (Å²) in [6, 6.07) is 0.343. The third-order valence-corrected chi connectivity index (χ3v) is 4.02. The summed E-state index contributed by atoms with van der Waals surface area (Å²) in [6.45, 7) is 0. The summed E-state index contributed by atoms with van der Waals surface area (Å²) in [5.74, 6) is 0.423. The number of hydrogen-bond donors (Lipinski definition) is 1. The molecule has 1 spiro atoms. The van der Waals surface area contributed by atoms with Gasteiger partial charge >= 0.3 is 5.97 Å². The van der Waals surface area contributed by atoms with Gasteiger partial charge in [-0.2, -0.15) is 0 Å². The van der Waals surface area contributed by atoms with Gasteiger partial charge in [0.15, 0.2) is 0 Å². The van der Waals surface area contributed by atoms with Crippen LogP contribution in [-0.4, -0.2) is 19.1 Å². The highest BCUT2D eigenvalue weighted by atomic mass is 16.5. The molecule has 2 rings (SSSR count). The lowest BCUT2D eigenvalue weighted by molar-refractivity contribution is -0.149. The maximum atomic E-state index is 11.1. The van der Waals surface area contributed by atoms with E-state index in [-0.39, 0.29) is 5.97 Å². The molecule has 0 aromatic heterocycles. The zero-order chi connectivity index (χ0) is 9.47. The lowest BCUT2D eigenvalue weighted by atomic mass is 9.46. The van der Waals surface area contributed by atoms with Crippen LogP contribution in [0.5, 0.6) is 0 Å². The Labute approximate surface area is 78.6 Å². The van der Waals surface area contributed by atoms with Crippen LogP contribution in [0.25, 0.3) is 0 Å². The Morgan fingerprint density at radius 3 is 2.69 bits per heavy atom. The normalized spacial score (nSPS) is 34.9. The van der Waals surface area contributed by atoms with Gasteiger partial charge in [0.25, 0.3) is 0 Å². The summed E-state index contributed by atoms with van der Waals surface area (Å²) >= 11 is 0. The molecular formula is C10H17NO2. The van der Waals surface area contributed by atoms with Crippen LogP contribution >= 0.6 is 0 Å². The molecule has 2 fully saturated rings. The number of carbonyl (C=O) groups is 1. The third kappa shape index (κ3) is 1.17. The fourth-order valence-corrected chi connectivity index (χ4v) is 2.85. The summed E-state index contributed by atoms with van der Waals surface area (Å²) in [5, 5.41) is 0. The van der Waals surface area contributed by atoms with Crippen LogP contribution in [0.3, 0.4) is 0 Å². The topological polar surface area (TPSA) is 52.3 Å². The van der Waals surface area contributed by atoms with Crippen molar-refractivity contribution in [2.24, 2.45) is 17.1 Å². The zero-order valence-electron chi connectivity index (χ0n) is 8.08. The van der Waals surface area contributed by atoms with E-state index in [4.69, 9.17) is 5.73 Å². The number of carbonyl (C=O) groups excluding carboxylic acids is 1. The maximum Gasteiger partial charge on any atom is 0.305 e. The minimum Gasteiger partial charge on any atom is -0.469 e. The van der Waals surface area contributed by atoms with Crippen molar-refractivity contribution in [3.05, 3.63) is 0 Å². The molecule has 0 aliphatic heterocycles. The van der Waals surface area contributed by atoms with Gasteiger partial charge in [-0.15, -0.1) is 0 Å². The van der Waals surface area contributed by atoms with Crippen molar-refractivity contribution in [1.29, 1.82) is 0 Å². The van der Waals surface area contributed by atoms with E-state index >= 15 is 0 Å². The van der Waals surface area contributed by atoms with E-state index in [1.165, 1.54) is 26.4 Å². The van der Waals surface area contributed by atoms with Crippen molar-refractivity contribution in [2.75, 3.05) is 7.11 Å². The molecule has 0 amide bonds. The Kier molecular flexibility index (Phi) is 2.06. The SMILES string of the molecule is COC(=O)CC1CC(N)C12CCC2. The van der Waals surface area contributed by atoms with Gasteiger partial charge in [0, 0.05) is 12.5 Å². The van der Waals surface area contributed by atoms with Gasteiger partial charge in [0.2, 0.25) is 0 Å². The molecule has 0 aromatic carbocycles. The highest BCUT2D eigenvalue weighted by Gasteiger charge is 2.56. The summed E-state index contributed by atoms with van der Waals surface area (Å²) in [6.07, 6.45) is 5.30.